The predicted molar refractivity (Wildman–Crippen MR) is 110 cm³/mol. The monoisotopic (exact) mass is 412 g/mol. The second kappa shape index (κ2) is 6.62. The normalized spacial score (nSPS) is 23.1. The summed E-state index contributed by atoms with van der Waals surface area (Å²) in [4.78, 5) is 26.5. The van der Waals surface area contributed by atoms with Gasteiger partial charge in [-0.05, 0) is 28.5 Å². The number of allylic oxidation sites excluding steroid dienone is 4. The fourth-order valence-electron chi connectivity index (χ4n) is 4.94. The summed E-state index contributed by atoms with van der Waals surface area (Å²) >= 11 is 0. The molecule has 3 aliphatic rings. The maximum absolute atomic E-state index is 13.2. The molecular weight excluding hydrogens is 384 g/mol. The number of Topliss-reactive ketones (excluding diaryl/α,β-unsaturated/α-hetero) is 2. The van der Waals surface area contributed by atoms with Crippen LogP contribution in [0.4, 0.5) is 0 Å². The van der Waals surface area contributed by atoms with Crippen LogP contribution in [-0.2, 0) is 14.3 Å². The summed E-state index contributed by atoms with van der Waals surface area (Å²) in [6.07, 6.45) is 1.90. The Morgan fingerprint density at radius 3 is 1.87 bits per heavy atom. The van der Waals surface area contributed by atoms with E-state index in [1.807, 2.05) is 27.7 Å². The third-order valence-electron chi connectivity index (χ3n) is 6.21. The van der Waals surface area contributed by atoms with Crippen molar-refractivity contribution in [1.82, 2.24) is 0 Å². The summed E-state index contributed by atoms with van der Waals surface area (Å²) in [6, 6.07) is 2.99. The molecule has 6 heteroatoms. The van der Waals surface area contributed by atoms with Crippen LogP contribution in [0.3, 0.4) is 0 Å². The van der Waals surface area contributed by atoms with Gasteiger partial charge in [-0.15, -0.1) is 0 Å². The van der Waals surface area contributed by atoms with Crippen LogP contribution >= 0.6 is 0 Å². The van der Waals surface area contributed by atoms with Gasteiger partial charge in [0.15, 0.2) is 23.1 Å². The molecule has 1 aliphatic heterocycles. The number of benzene rings is 1. The molecule has 0 aromatic heterocycles. The third-order valence-corrected chi connectivity index (χ3v) is 6.21. The number of hydrogen-bond donors (Lipinski definition) is 2. The second-order valence-electron chi connectivity index (χ2n) is 10.2. The lowest BCUT2D eigenvalue weighted by Crippen LogP contribution is -2.37. The summed E-state index contributed by atoms with van der Waals surface area (Å²) in [6.45, 7) is 8.12. The Hall–Kier alpha value is -2.76. The Morgan fingerprint density at radius 2 is 1.40 bits per heavy atom. The molecule has 1 heterocycles. The number of rotatable bonds is 2. The van der Waals surface area contributed by atoms with E-state index in [1.165, 1.54) is 13.2 Å². The van der Waals surface area contributed by atoms with Gasteiger partial charge in [-0.3, -0.25) is 9.59 Å². The second-order valence-corrected chi connectivity index (χ2v) is 10.2. The fourth-order valence-corrected chi connectivity index (χ4v) is 4.94. The largest absolute Gasteiger partial charge is 0.504 e. The number of ether oxygens (including phenoxy) is 2. The Bertz CT molecular complexity index is 972. The fraction of sp³-hybridized carbons (Fsp3) is 0.500. The van der Waals surface area contributed by atoms with Gasteiger partial charge in [0.25, 0.3) is 0 Å². The van der Waals surface area contributed by atoms with Crippen molar-refractivity contribution in [3.05, 3.63) is 40.4 Å². The SMILES string of the molecule is COc1cc(C2C3=C(CC(C)(C)CC3=O)OC3=C2C(=O)CC(C)(C)C3)cc(O)c1O. The van der Waals surface area contributed by atoms with Crippen LogP contribution in [-0.4, -0.2) is 28.9 Å². The molecular formula is C24H28O6. The number of carbonyl (C=O) groups excluding carboxylic acids is 2. The van der Waals surface area contributed by atoms with Crippen molar-refractivity contribution in [2.24, 2.45) is 10.8 Å². The van der Waals surface area contributed by atoms with Gasteiger partial charge in [0.2, 0.25) is 5.75 Å². The Kier molecular flexibility index (Phi) is 4.53. The molecule has 4 rings (SSSR count). The number of ketones is 2. The molecule has 0 saturated heterocycles. The van der Waals surface area contributed by atoms with E-state index in [0.29, 0.717) is 53.9 Å². The van der Waals surface area contributed by atoms with Crippen molar-refractivity contribution in [2.45, 2.75) is 59.3 Å². The summed E-state index contributed by atoms with van der Waals surface area (Å²) in [5.74, 6) is -0.168. The van der Waals surface area contributed by atoms with E-state index in [1.54, 1.807) is 6.07 Å². The first kappa shape index (κ1) is 20.5. The van der Waals surface area contributed by atoms with Crippen molar-refractivity contribution in [3.63, 3.8) is 0 Å². The Balaban J connectivity index is 1.96. The minimum atomic E-state index is -0.642. The van der Waals surface area contributed by atoms with Crippen molar-refractivity contribution in [2.75, 3.05) is 7.11 Å². The summed E-state index contributed by atoms with van der Waals surface area (Å²) in [7, 11) is 1.39. The van der Waals surface area contributed by atoms with Gasteiger partial charge < -0.3 is 19.7 Å². The van der Waals surface area contributed by atoms with Crippen LogP contribution in [0.15, 0.2) is 34.8 Å². The lowest BCUT2D eigenvalue weighted by Gasteiger charge is -2.42. The van der Waals surface area contributed by atoms with E-state index in [4.69, 9.17) is 9.47 Å². The highest BCUT2D eigenvalue weighted by atomic mass is 16.5. The van der Waals surface area contributed by atoms with Gasteiger partial charge in [0, 0.05) is 42.7 Å². The smallest absolute Gasteiger partial charge is 0.200 e. The lowest BCUT2D eigenvalue weighted by molar-refractivity contribution is -0.120. The van der Waals surface area contributed by atoms with Gasteiger partial charge in [0.05, 0.1) is 7.11 Å². The molecule has 160 valence electrons. The van der Waals surface area contributed by atoms with E-state index in [-0.39, 0.29) is 39.6 Å². The minimum absolute atomic E-state index is 0.0537. The first-order valence-electron chi connectivity index (χ1n) is 10.2. The number of phenols is 2. The Labute approximate surface area is 176 Å². The van der Waals surface area contributed by atoms with E-state index in [2.05, 4.69) is 0 Å². The molecule has 2 N–H and O–H groups in total. The zero-order valence-corrected chi connectivity index (χ0v) is 18.1. The summed E-state index contributed by atoms with van der Waals surface area (Å²) in [5.41, 5.74) is 1.02. The molecule has 0 radical (unpaired) electrons. The molecule has 6 nitrogen and oxygen atoms in total. The topological polar surface area (TPSA) is 93.1 Å². The molecule has 0 saturated carbocycles. The van der Waals surface area contributed by atoms with Crippen LogP contribution in [0.5, 0.6) is 17.2 Å². The molecule has 0 bridgehead atoms. The third kappa shape index (κ3) is 3.28. The van der Waals surface area contributed by atoms with Crippen LogP contribution in [0.1, 0.15) is 64.9 Å². The van der Waals surface area contributed by atoms with Crippen molar-refractivity contribution >= 4 is 11.6 Å². The molecule has 30 heavy (non-hydrogen) atoms. The van der Waals surface area contributed by atoms with Gasteiger partial charge in [-0.1, -0.05) is 27.7 Å². The van der Waals surface area contributed by atoms with E-state index in [9.17, 15) is 19.8 Å². The molecule has 0 amide bonds. The van der Waals surface area contributed by atoms with Crippen LogP contribution < -0.4 is 4.74 Å². The van der Waals surface area contributed by atoms with Gasteiger partial charge >= 0.3 is 0 Å². The molecule has 0 unspecified atom stereocenters. The minimum Gasteiger partial charge on any atom is -0.504 e. The summed E-state index contributed by atoms with van der Waals surface area (Å²) in [5, 5.41) is 20.3. The van der Waals surface area contributed by atoms with E-state index >= 15 is 0 Å². The van der Waals surface area contributed by atoms with Gasteiger partial charge in [-0.2, -0.15) is 0 Å². The highest BCUT2D eigenvalue weighted by molar-refractivity contribution is 6.06. The number of methoxy groups -OCH3 is 1. The van der Waals surface area contributed by atoms with Crippen LogP contribution in [0, 0.1) is 10.8 Å². The molecule has 0 atom stereocenters. The van der Waals surface area contributed by atoms with Gasteiger partial charge in [0.1, 0.15) is 11.5 Å². The van der Waals surface area contributed by atoms with Crippen molar-refractivity contribution in [3.8, 4) is 17.2 Å². The highest BCUT2D eigenvalue weighted by Gasteiger charge is 2.48. The van der Waals surface area contributed by atoms with Gasteiger partial charge in [-0.25, -0.2) is 0 Å². The quantitative estimate of drug-likeness (QED) is 0.695. The standard InChI is InChI=1S/C24H28O6/c1-23(2)8-14(26)20-17(10-23)30-18-11-24(3,4)9-15(27)21(18)19(20)12-6-13(25)22(28)16(7-12)29-5/h6-7,19,25,28H,8-11H2,1-5H3. The maximum atomic E-state index is 13.2. The van der Waals surface area contributed by atoms with Crippen molar-refractivity contribution < 1.29 is 29.3 Å². The van der Waals surface area contributed by atoms with E-state index < -0.39 is 5.92 Å². The Morgan fingerprint density at radius 1 is 0.900 bits per heavy atom. The zero-order valence-electron chi connectivity index (χ0n) is 18.1. The molecule has 0 spiro atoms. The molecule has 2 aliphatic carbocycles. The average molecular weight is 412 g/mol. The lowest BCUT2D eigenvalue weighted by atomic mass is 9.65. The van der Waals surface area contributed by atoms with Crippen molar-refractivity contribution in [1.29, 1.82) is 0 Å². The number of hydrogen-bond acceptors (Lipinski definition) is 6. The number of phenolic OH excluding ortho intramolecular Hbond substituents is 2. The predicted octanol–water partition coefficient (Wildman–Crippen LogP) is 4.51. The summed E-state index contributed by atoms with van der Waals surface area (Å²) < 4.78 is 11.4. The van der Waals surface area contributed by atoms with E-state index in [0.717, 1.165) is 0 Å². The first-order chi connectivity index (χ1) is 13.9. The number of aromatic hydroxyl groups is 2. The van der Waals surface area contributed by atoms with Crippen LogP contribution in [0.25, 0.3) is 0 Å². The average Bonchev–Trinajstić information content (AvgIpc) is 2.60. The molecule has 0 fully saturated rings. The number of carbonyl (C=O) groups is 2. The molecule has 1 aromatic rings. The highest BCUT2D eigenvalue weighted by Crippen LogP contribution is 2.54. The first-order valence-corrected chi connectivity index (χ1v) is 10.2. The molecule has 1 aromatic carbocycles. The maximum Gasteiger partial charge on any atom is 0.200 e. The van der Waals surface area contributed by atoms with Crippen LogP contribution in [0.2, 0.25) is 0 Å². The zero-order chi connectivity index (χ0) is 22.0.